The lowest BCUT2D eigenvalue weighted by molar-refractivity contribution is 0.248. The van der Waals surface area contributed by atoms with E-state index in [4.69, 9.17) is 5.73 Å². The molecule has 0 fully saturated rings. The highest BCUT2D eigenvalue weighted by Crippen LogP contribution is 2.10. The molecule has 3 nitrogen and oxygen atoms in total. The van der Waals surface area contributed by atoms with Crippen molar-refractivity contribution in [2.75, 3.05) is 6.54 Å². The molecule has 1 unspecified atom stereocenters. The highest BCUT2D eigenvalue weighted by molar-refractivity contribution is 5.71. The number of unbranched alkanes of at least 4 members (excludes halogenated alkanes) is 1. The molecule has 0 spiro atoms. The summed E-state index contributed by atoms with van der Waals surface area (Å²) in [5, 5.41) is 2.58. The largest absolute Gasteiger partial charge is 0.352 e. The zero-order chi connectivity index (χ0) is 9.40. The second-order valence-corrected chi connectivity index (χ2v) is 3.30. The van der Waals surface area contributed by atoms with Crippen LogP contribution >= 0.6 is 0 Å². The van der Waals surface area contributed by atoms with Crippen molar-refractivity contribution in [1.29, 1.82) is 0 Å². The van der Waals surface area contributed by atoms with Gasteiger partial charge in [-0.2, -0.15) is 0 Å². The van der Waals surface area contributed by atoms with Gasteiger partial charge in [0.15, 0.2) is 0 Å². The smallest absolute Gasteiger partial charge is 0.312 e. The van der Waals surface area contributed by atoms with E-state index in [1.54, 1.807) is 0 Å². The normalized spacial score (nSPS) is 12.5. The van der Waals surface area contributed by atoms with Gasteiger partial charge in [-0.1, -0.05) is 33.1 Å². The van der Waals surface area contributed by atoms with E-state index in [1.807, 2.05) is 0 Å². The summed E-state index contributed by atoms with van der Waals surface area (Å²) in [7, 11) is 0. The Morgan fingerprint density at radius 2 is 2.17 bits per heavy atom. The minimum Gasteiger partial charge on any atom is -0.352 e. The number of carbonyl (C=O) groups is 1. The quantitative estimate of drug-likeness (QED) is 0.590. The van der Waals surface area contributed by atoms with Crippen LogP contribution in [0.3, 0.4) is 0 Å². The molecule has 0 aromatic heterocycles. The van der Waals surface area contributed by atoms with Crippen molar-refractivity contribution in [2.45, 2.75) is 39.5 Å². The fourth-order valence-electron chi connectivity index (χ4n) is 1.03. The van der Waals surface area contributed by atoms with Gasteiger partial charge in [0.25, 0.3) is 0 Å². The van der Waals surface area contributed by atoms with Crippen LogP contribution in [0.4, 0.5) is 4.79 Å². The van der Waals surface area contributed by atoms with Crippen molar-refractivity contribution in [3.8, 4) is 0 Å². The first-order chi connectivity index (χ1) is 5.66. The molecule has 0 heterocycles. The highest BCUT2D eigenvalue weighted by Gasteiger charge is 1.97. The lowest BCUT2D eigenvalue weighted by Gasteiger charge is -2.07. The number of nitrogens with one attached hydrogen (secondary N) is 1. The summed E-state index contributed by atoms with van der Waals surface area (Å²) in [4.78, 5) is 10.3. The standard InChI is InChI=1S/C9H20N2O/c1-3-8(2)6-4-5-7-11-9(10)12/h8H,3-7H2,1-2H3,(H3,10,11,12). The van der Waals surface area contributed by atoms with E-state index in [0.29, 0.717) is 6.54 Å². The number of hydrogen-bond acceptors (Lipinski definition) is 1. The Morgan fingerprint density at radius 3 is 2.67 bits per heavy atom. The number of primary amides is 1. The second kappa shape index (κ2) is 6.95. The Hall–Kier alpha value is -0.730. The number of nitrogens with two attached hydrogens (primary N) is 1. The van der Waals surface area contributed by atoms with E-state index >= 15 is 0 Å². The lowest BCUT2D eigenvalue weighted by atomic mass is 10.0. The highest BCUT2D eigenvalue weighted by atomic mass is 16.2. The summed E-state index contributed by atoms with van der Waals surface area (Å²) in [6.07, 6.45) is 4.70. The number of hydrogen-bond donors (Lipinski definition) is 2. The molecule has 3 N–H and O–H groups in total. The van der Waals surface area contributed by atoms with Crippen LogP contribution in [-0.4, -0.2) is 12.6 Å². The van der Waals surface area contributed by atoms with Gasteiger partial charge < -0.3 is 11.1 Å². The van der Waals surface area contributed by atoms with Gasteiger partial charge >= 0.3 is 6.03 Å². The van der Waals surface area contributed by atoms with Gasteiger partial charge in [0.1, 0.15) is 0 Å². The van der Waals surface area contributed by atoms with Crippen molar-refractivity contribution in [1.82, 2.24) is 5.32 Å². The zero-order valence-corrected chi connectivity index (χ0v) is 8.10. The SMILES string of the molecule is CCC(C)CCCCNC(N)=O. The van der Waals surface area contributed by atoms with Crippen molar-refractivity contribution < 1.29 is 4.79 Å². The van der Waals surface area contributed by atoms with Crippen LogP contribution < -0.4 is 11.1 Å². The summed E-state index contributed by atoms with van der Waals surface area (Å²) in [5.74, 6) is 0.804. The van der Waals surface area contributed by atoms with Crippen molar-refractivity contribution in [2.24, 2.45) is 11.7 Å². The summed E-state index contributed by atoms with van der Waals surface area (Å²) in [6.45, 7) is 5.17. The van der Waals surface area contributed by atoms with E-state index in [1.165, 1.54) is 19.3 Å². The maximum atomic E-state index is 10.3. The van der Waals surface area contributed by atoms with Gasteiger partial charge in [-0.05, 0) is 12.3 Å². The third kappa shape index (κ3) is 7.38. The summed E-state index contributed by atoms with van der Waals surface area (Å²) in [5.41, 5.74) is 4.91. The van der Waals surface area contributed by atoms with E-state index in [9.17, 15) is 4.79 Å². The van der Waals surface area contributed by atoms with Gasteiger partial charge in [-0.3, -0.25) is 0 Å². The third-order valence-electron chi connectivity index (χ3n) is 2.12. The predicted octanol–water partition coefficient (Wildman–Crippen LogP) is 1.87. The van der Waals surface area contributed by atoms with Gasteiger partial charge in [0, 0.05) is 6.54 Å². The van der Waals surface area contributed by atoms with E-state index in [-0.39, 0.29) is 0 Å². The summed E-state index contributed by atoms with van der Waals surface area (Å²) in [6, 6.07) is -0.418. The Bertz CT molecular complexity index is 126. The number of carbonyl (C=O) groups excluding carboxylic acids is 1. The van der Waals surface area contributed by atoms with Crippen LogP contribution in [0.1, 0.15) is 39.5 Å². The van der Waals surface area contributed by atoms with Crippen molar-refractivity contribution in [3.63, 3.8) is 0 Å². The number of amides is 2. The molecule has 2 amide bonds. The van der Waals surface area contributed by atoms with Crippen molar-refractivity contribution >= 4 is 6.03 Å². The fraction of sp³-hybridized carbons (Fsp3) is 0.889. The van der Waals surface area contributed by atoms with Crippen molar-refractivity contribution in [3.05, 3.63) is 0 Å². The molecule has 0 saturated carbocycles. The number of rotatable bonds is 6. The molecule has 0 aliphatic heterocycles. The lowest BCUT2D eigenvalue weighted by Crippen LogP contribution is -2.30. The van der Waals surface area contributed by atoms with Crippen LogP contribution in [-0.2, 0) is 0 Å². The van der Waals surface area contributed by atoms with E-state index in [2.05, 4.69) is 19.2 Å². The Morgan fingerprint density at radius 1 is 1.50 bits per heavy atom. The summed E-state index contributed by atoms with van der Waals surface area (Å²) < 4.78 is 0. The first-order valence-corrected chi connectivity index (χ1v) is 4.70. The summed E-state index contributed by atoms with van der Waals surface area (Å²) >= 11 is 0. The Labute approximate surface area is 74.7 Å². The molecule has 1 atom stereocenters. The molecule has 0 radical (unpaired) electrons. The molecule has 0 rings (SSSR count). The van der Waals surface area contributed by atoms with Gasteiger partial charge in [-0.15, -0.1) is 0 Å². The molecule has 12 heavy (non-hydrogen) atoms. The monoisotopic (exact) mass is 172 g/mol. The average Bonchev–Trinajstić information content (AvgIpc) is 2.03. The third-order valence-corrected chi connectivity index (χ3v) is 2.12. The van der Waals surface area contributed by atoms with Gasteiger partial charge in [0.2, 0.25) is 0 Å². The van der Waals surface area contributed by atoms with E-state index < -0.39 is 6.03 Å². The minimum atomic E-state index is -0.418. The van der Waals surface area contributed by atoms with Crippen LogP contribution in [0, 0.1) is 5.92 Å². The molecular formula is C9H20N2O. The maximum Gasteiger partial charge on any atom is 0.312 e. The van der Waals surface area contributed by atoms with Crippen LogP contribution in [0.25, 0.3) is 0 Å². The first-order valence-electron chi connectivity index (χ1n) is 4.70. The molecule has 0 saturated heterocycles. The maximum absolute atomic E-state index is 10.3. The van der Waals surface area contributed by atoms with Gasteiger partial charge in [-0.25, -0.2) is 4.79 Å². The predicted molar refractivity (Wildman–Crippen MR) is 50.9 cm³/mol. The van der Waals surface area contributed by atoms with Crippen LogP contribution in [0.5, 0.6) is 0 Å². The zero-order valence-electron chi connectivity index (χ0n) is 8.10. The van der Waals surface area contributed by atoms with Gasteiger partial charge in [0.05, 0.1) is 0 Å². The van der Waals surface area contributed by atoms with E-state index in [0.717, 1.165) is 12.3 Å². The average molecular weight is 172 g/mol. The fourth-order valence-corrected chi connectivity index (χ4v) is 1.03. The Balaban J connectivity index is 3.05. The molecule has 72 valence electrons. The molecule has 0 bridgehead atoms. The molecule has 0 aliphatic rings. The molecular weight excluding hydrogens is 152 g/mol. The van der Waals surface area contributed by atoms with Crippen LogP contribution in [0.2, 0.25) is 0 Å². The van der Waals surface area contributed by atoms with Crippen LogP contribution in [0.15, 0.2) is 0 Å². The topological polar surface area (TPSA) is 55.1 Å². The minimum absolute atomic E-state index is 0.418. The molecule has 3 heteroatoms. The Kier molecular flexibility index (Phi) is 6.53. The second-order valence-electron chi connectivity index (χ2n) is 3.30. The number of urea groups is 1. The first kappa shape index (κ1) is 11.3. The molecule has 0 aromatic carbocycles. The molecule has 0 aromatic rings. The molecule has 0 aliphatic carbocycles.